The molecule has 0 atom stereocenters. The molecule has 0 saturated heterocycles. The van der Waals surface area contributed by atoms with Crippen molar-refractivity contribution in [3.8, 4) is 17.2 Å². The van der Waals surface area contributed by atoms with Crippen LogP contribution in [0.1, 0.15) is 26.3 Å². The molecule has 0 bridgehead atoms. The molecule has 1 amide bonds. The largest absolute Gasteiger partial charge is 0.493 e. The number of anilines is 1. The van der Waals surface area contributed by atoms with Crippen molar-refractivity contribution in [2.45, 2.75) is 13.5 Å². The van der Waals surface area contributed by atoms with E-state index in [9.17, 15) is 18.4 Å². The molecule has 3 rings (SSSR count). The molecular weight excluding hydrogens is 416 g/mol. The molecule has 0 saturated carbocycles. The number of rotatable bonds is 7. The van der Waals surface area contributed by atoms with Gasteiger partial charge >= 0.3 is 12.6 Å². The zero-order valence-corrected chi connectivity index (χ0v) is 16.6. The number of methoxy groups -OCH3 is 2. The molecule has 0 radical (unpaired) electrons. The van der Waals surface area contributed by atoms with Gasteiger partial charge in [-0.25, -0.2) is 9.48 Å². The Morgan fingerprint density at radius 2 is 1.90 bits per heavy atom. The maximum absolute atomic E-state index is 12.8. The van der Waals surface area contributed by atoms with Crippen LogP contribution in [-0.4, -0.2) is 52.9 Å². The SMILES string of the molecule is COC(=O)c1cc(OC)c(OC(F)F)cc1NC(=O)c1ccc(-n2cnnn2)c(C)c1. The zero-order valence-electron chi connectivity index (χ0n) is 16.6. The topological polar surface area (TPSA) is 117 Å². The lowest BCUT2D eigenvalue weighted by molar-refractivity contribution is -0.0511. The maximum Gasteiger partial charge on any atom is 0.387 e. The first-order chi connectivity index (χ1) is 14.8. The van der Waals surface area contributed by atoms with Gasteiger partial charge in [-0.05, 0) is 41.1 Å². The molecule has 0 fully saturated rings. The van der Waals surface area contributed by atoms with E-state index in [1.165, 1.54) is 24.2 Å². The highest BCUT2D eigenvalue weighted by Crippen LogP contribution is 2.35. The third kappa shape index (κ3) is 4.74. The van der Waals surface area contributed by atoms with E-state index >= 15 is 0 Å². The molecular formula is C19H17F2N5O5. The number of esters is 1. The summed E-state index contributed by atoms with van der Waals surface area (Å²) in [4.78, 5) is 24.9. The second kappa shape index (κ2) is 9.15. The van der Waals surface area contributed by atoms with Gasteiger partial charge in [-0.15, -0.1) is 5.10 Å². The standard InChI is InChI=1S/C19H17F2N5O5/c1-10-6-11(4-5-14(10)26-9-22-24-25-26)17(27)23-13-8-16(31-19(20)21)15(29-2)7-12(13)18(28)30-3/h4-9,19H,1-3H3,(H,23,27). The first-order valence-corrected chi connectivity index (χ1v) is 8.74. The third-order valence-corrected chi connectivity index (χ3v) is 4.23. The first kappa shape index (κ1) is 21.6. The Kier molecular flexibility index (Phi) is 6.38. The van der Waals surface area contributed by atoms with Gasteiger partial charge in [-0.2, -0.15) is 8.78 Å². The normalized spacial score (nSPS) is 10.6. The Balaban J connectivity index is 1.95. The monoisotopic (exact) mass is 433 g/mol. The lowest BCUT2D eigenvalue weighted by Gasteiger charge is -2.16. The van der Waals surface area contributed by atoms with Gasteiger partial charge in [-0.3, -0.25) is 4.79 Å². The number of nitrogens with zero attached hydrogens (tertiary/aromatic N) is 4. The predicted octanol–water partition coefficient (Wildman–Crippen LogP) is 2.62. The molecule has 2 aromatic carbocycles. The van der Waals surface area contributed by atoms with Crippen LogP contribution in [0.5, 0.6) is 11.5 Å². The minimum absolute atomic E-state index is 0.0875. The number of alkyl halides is 2. The summed E-state index contributed by atoms with van der Waals surface area (Å²) < 4.78 is 41.1. The number of benzene rings is 2. The minimum atomic E-state index is -3.14. The van der Waals surface area contributed by atoms with Crippen molar-refractivity contribution >= 4 is 17.6 Å². The lowest BCUT2D eigenvalue weighted by Crippen LogP contribution is -2.17. The molecule has 0 unspecified atom stereocenters. The summed E-state index contributed by atoms with van der Waals surface area (Å²) >= 11 is 0. The molecule has 1 heterocycles. The second-order valence-corrected chi connectivity index (χ2v) is 6.13. The molecule has 0 aliphatic rings. The molecule has 0 aliphatic heterocycles. The van der Waals surface area contributed by atoms with Crippen LogP contribution in [0.25, 0.3) is 5.69 Å². The lowest BCUT2D eigenvalue weighted by atomic mass is 10.1. The highest BCUT2D eigenvalue weighted by atomic mass is 19.3. The molecule has 1 N–H and O–H groups in total. The summed E-state index contributed by atoms with van der Waals surface area (Å²) in [6.07, 6.45) is 1.41. The van der Waals surface area contributed by atoms with Crippen molar-refractivity contribution in [2.24, 2.45) is 0 Å². The van der Waals surface area contributed by atoms with Crippen molar-refractivity contribution in [2.75, 3.05) is 19.5 Å². The Morgan fingerprint density at radius 3 is 2.48 bits per heavy atom. The Labute approximate surface area is 174 Å². The number of nitrogens with one attached hydrogen (secondary N) is 1. The number of ether oxygens (including phenoxy) is 3. The van der Waals surface area contributed by atoms with Crippen molar-refractivity contribution in [1.29, 1.82) is 0 Å². The second-order valence-electron chi connectivity index (χ2n) is 6.13. The van der Waals surface area contributed by atoms with Crippen molar-refractivity contribution in [3.05, 3.63) is 53.3 Å². The molecule has 10 nitrogen and oxygen atoms in total. The van der Waals surface area contributed by atoms with E-state index in [4.69, 9.17) is 9.47 Å². The van der Waals surface area contributed by atoms with Gasteiger partial charge in [0.25, 0.3) is 5.91 Å². The molecule has 12 heteroatoms. The number of aryl methyl sites for hydroxylation is 1. The van der Waals surface area contributed by atoms with Gasteiger partial charge in [0.05, 0.1) is 31.2 Å². The summed E-state index contributed by atoms with van der Waals surface area (Å²) in [7, 11) is 2.37. The van der Waals surface area contributed by atoms with E-state index < -0.39 is 18.5 Å². The van der Waals surface area contributed by atoms with Crippen LogP contribution in [0, 0.1) is 6.92 Å². The Morgan fingerprint density at radius 1 is 1.13 bits per heavy atom. The van der Waals surface area contributed by atoms with Gasteiger partial charge in [0.1, 0.15) is 6.33 Å². The van der Waals surface area contributed by atoms with Crippen LogP contribution in [0.15, 0.2) is 36.7 Å². The summed E-state index contributed by atoms with van der Waals surface area (Å²) in [5.41, 5.74) is 1.42. The molecule has 31 heavy (non-hydrogen) atoms. The Hall–Kier alpha value is -4.09. The highest BCUT2D eigenvalue weighted by molar-refractivity contribution is 6.08. The average molecular weight is 433 g/mol. The number of carbonyl (C=O) groups excluding carboxylic acids is 2. The number of carbonyl (C=O) groups is 2. The van der Waals surface area contributed by atoms with Crippen LogP contribution in [0.2, 0.25) is 0 Å². The smallest absolute Gasteiger partial charge is 0.387 e. The van der Waals surface area contributed by atoms with E-state index in [1.807, 2.05) is 0 Å². The number of hydrogen-bond donors (Lipinski definition) is 1. The van der Waals surface area contributed by atoms with E-state index in [1.54, 1.807) is 19.1 Å². The quantitative estimate of drug-likeness (QED) is 0.565. The molecule has 162 valence electrons. The van der Waals surface area contributed by atoms with Crippen LogP contribution >= 0.6 is 0 Å². The minimum Gasteiger partial charge on any atom is -0.493 e. The molecule has 0 aliphatic carbocycles. The van der Waals surface area contributed by atoms with Gasteiger partial charge in [0.2, 0.25) is 0 Å². The summed E-state index contributed by atoms with van der Waals surface area (Å²) in [5, 5.41) is 13.4. The van der Waals surface area contributed by atoms with E-state index in [0.717, 1.165) is 19.2 Å². The van der Waals surface area contributed by atoms with Crippen LogP contribution < -0.4 is 14.8 Å². The summed E-state index contributed by atoms with van der Waals surface area (Å²) in [5.74, 6) is -1.88. The van der Waals surface area contributed by atoms with Crippen LogP contribution in [0.3, 0.4) is 0 Å². The summed E-state index contributed by atoms with van der Waals surface area (Å²) in [6, 6.07) is 6.96. The molecule has 3 aromatic rings. The fourth-order valence-electron chi connectivity index (χ4n) is 2.81. The number of aromatic nitrogens is 4. The Bertz CT molecular complexity index is 1110. The number of hydrogen-bond acceptors (Lipinski definition) is 8. The van der Waals surface area contributed by atoms with Gasteiger partial charge in [-0.1, -0.05) is 0 Å². The van der Waals surface area contributed by atoms with E-state index in [2.05, 4.69) is 25.6 Å². The summed E-state index contributed by atoms with van der Waals surface area (Å²) in [6.45, 7) is -1.38. The number of amides is 1. The number of halogens is 2. The third-order valence-electron chi connectivity index (χ3n) is 4.23. The van der Waals surface area contributed by atoms with Crippen molar-refractivity contribution in [1.82, 2.24) is 20.2 Å². The van der Waals surface area contributed by atoms with Gasteiger partial charge in [0.15, 0.2) is 11.5 Å². The van der Waals surface area contributed by atoms with Gasteiger partial charge in [0, 0.05) is 17.7 Å². The highest BCUT2D eigenvalue weighted by Gasteiger charge is 2.21. The fourth-order valence-corrected chi connectivity index (χ4v) is 2.81. The zero-order chi connectivity index (χ0) is 22.5. The van der Waals surface area contributed by atoms with E-state index in [0.29, 0.717) is 11.3 Å². The van der Waals surface area contributed by atoms with Crippen LogP contribution in [-0.2, 0) is 4.74 Å². The van der Waals surface area contributed by atoms with E-state index in [-0.39, 0.29) is 28.3 Å². The van der Waals surface area contributed by atoms with Gasteiger partial charge < -0.3 is 19.5 Å². The molecule has 1 aromatic heterocycles. The fraction of sp³-hybridized carbons (Fsp3) is 0.211. The van der Waals surface area contributed by atoms with Crippen molar-refractivity contribution in [3.63, 3.8) is 0 Å². The maximum atomic E-state index is 12.8. The van der Waals surface area contributed by atoms with Crippen LogP contribution in [0.4, 0.5) is 14.5 Å². The number of tetrazole rings is 1. The molecule has 0 spiro atoms. The predicted molar refractivity (Wildman–Crippen MR) is 103 cm³/mol. The average Bonchev–Trinajstić information content (AvgIpc) is 3.27. The van der Waals surface area contributed by atoms with Crippen molar-refractivity contribution < 1.29 is 32.6 Å². The first-order valence-electron chi connectivity index (χ1n) is 8.74.